The van der Waals surface area contributed by atoms with Crippen LogP contribution in [-0.4, -0.2) is 25.2 Å². The molecule has 0 aliphatic rings. The molecule has 104 valence electrons. The summed E-state index contributed by atoms with van der Waals surface area (Å²) >= 11 is 0. The smallest absolute Gasteiger partial charge is 0.305 e. The predicted molar refractivity (Wildman–Crippen MR) is 70.1 cm³/mol. The summed E-state index contributed by atoms with van der Waals surface area (Å²) in [7, 11) is 1.41. The Balaban J connectivity index is 3.41. The minimum Gasteiger partial charge on any atom is -0.469 e. The van der Waals surface area contributed by atoms with E-state index in [2.05, 4.69) is 11.3 Å². The lowest BCUT2D eigenvalue weighted by molar-refractivity contribution is -0.144. The Hall–Kier alpha value is -1.32. The highest BCUT2D eigenvalue weighted by Crippen LogP contribution is 2.11. The summed E-state index contributed by atoms with van der Waals surface area (Å²) in [6.07, 6.45) is 7.88. The fourth-order valence-corrected chi connectivity index (χ4v) is 1.69. The van der Waals surface area contributed by atoms with Crippen LogP contribution >= 0.6 is 0 Å². The van der Waals surface area contributed by atoms with Crippen molar-refractivity contribution in [3.8, 4) is 0 Å². The van der Waals surface area contributed by atoms with Gasteiger partial charge in [0.1, 0.15) is 6.10 Å². The highest BCUT2D eigenvalue weighted by Gasteiger charge is 2.06. The molecule has 0 aromatic carbocycles. The van der Waals surface area contributed by atoms with Crippen molar-refractivity contribution >= 4 is 11.9 Å². The van der Waals surface area contributed by atoms with Gasteiger partial charge in [-0.25, -0.2) is 0 Å². The van der Waals surface area contributed by atoms with Gasteiger partial charge in [0.25, 0.3) is 0 Å². The second kappa shape index (κ2) is 10.8. The second-order valence-corrected chi connectivity index (χ2v) is 4.27. The van der Waals surface area contributed by atoms with Crippen LogP contribution in [0.4, 0.5) is 0 Å². The van der Waals surface area contributed by atoms with E-state index in [0.29, 0.717) is 6.42 Å². The summed E-state index contributed by atoms with van der Waals surface area (Å²) < 4.78 is 9.62. The molecule has 0 rings (SSSR count). The van der Waals surface area contributed by atoms with Gasteiger partial charge in [-0.3, -0.25) is 9.59 Å². The van der Waals surface area contributed by atoms with E-state index in [0.717, 1.165) is 38.5 Å². The van der Waals surface area contributed by atoms with E-state index in [4.69, 9.17) is 4.74 Å². The number of hydrogen-bond acceptors (Lipinski definition) is 4. The van der Waals surface area contributed by atoms with Crippen LogP contribution in [0.25, 0.3) is 0 Å². The molecule has 0 radical (unpaired) electrons. The van der Waals surface area contributed by atoms with Gasteiger partial charge in [-0.2, -0.15) is 0 Å². The van der Waals surface area contributed by atoms with Crippen LogP contribution in [0.15, 0.2) is 12.7 Å². The minimum absolute atomic E-state index is 0.142. The van der Waals surface area contributed by atoms with Crippen molar-refractivity contribution in [2.45, 2.75) is 58.0 Å². The Labute approximate surface area is 109 Å². The van der Waals surface area contributed by atoms with Crippen molar-refractivity contribution in [1.29, 1.82) is 0 Å². The molecule has 0 amide bonds. The molecule has 4 heteroatoms. The van der Waals surface area contributed by atoms with Gasteiger partial charge in [-0.1, -0.05) is 31.9 Å². The maximum Gasteiger partial charge on any atom is 0.305 e. The second-order valence-electron chi connectivity index (χ2n) is 4.27. The zero-order chi connectivity index (χ0) is 13.8. The Bertz CT molecular complexity index is 261. The van der Waals surface area contributed by atoms with Crippen LogP contribution in [0, 0.1) is 0 Å². The van der Waals surface area contributed by atoms with Gasteiger partial charge in [0.2, 0.25) is 0 Å². The van der Waals surface area contributed by atoms with E-state index in [1.165, 1.54) is 14.0 Å². The van der Waals surface area contributed by atoms with Crippen LogP contribution in [0.2, 0.25) is 0 Å². The molecule has 4 nitrogen and oxygen atoms in total. The Morgan fingerprint density at radius 2 is 1.78 bits per heavy atom. The molecule has 0 saturated carbocycles. The SMILES string of the molecule is C=CC(CCCCCCCC(=O)OC)OC(C)=O. The van der Waals surface area contributed by atoms with Gasteiger partial charge >= 0.3 is 11.9 Å². The first-order valence-corrected chi connectivity index (χ1v) is 6.46. The first-order valence-electron chi connectivity index (χ1n) is 6.46. The van der Waals surface area contributed by atoms with Gasteiger partial charge in [-0.15, -0.1) is 0 Å². The average Bonchev–Trinajstić information content (AvgIpc) is 2.35. The van der Waals surface area contributed by atoms with Gasteiger partial charge in [0.05, 0.1) is 7.11 Å². The largest absolute Gasteiger partial charge is 0.469 e. The summed E-state index contributed by atoms with van der Waals surface area (Å²) in [5.74, 6) is -0.408. The van der Waals surface area contributed by atoms with E-state index < -0.39 is 0 Å². The molecule has 1 atom stereocenters. The fourth-order valence-electron chi connectivity index (χ4n) is 1.69. The molecule has 1 unspecified atom stereocenters. The first-order chi connectivity index (χ1) is 8.60. The molecule has 18 heavy (non-hydrogen) atoms. The molecular weight excluding hydrogens is 232 g/mol. The molecule has 0 aliphatic heterocycles. The number of methoxy groups -OCH3 is 1. The molecule has 0 aromatic rings. The van der Waals surface area contributed by atoms with Crippen molar-refractivity contribution in [3.05, 3.63) is 12.7 Å². The van der Waals surface area contributed by atoms with Gasteiger partial charge in [-0.05, 0) is 19.3 Å². The third-order valence-electron chi connectivity index (χ3n) is 2.68. The van der Waals surface area contributed by atoms with Crippen molar-refractivity contribution in [2.75, 3.05) is 7.11 Å². The maximum absolute atomic E-state index is 10.8. The molecule has 0 aromatic heterocycles. The number of carbonyl (C=O) groups is 2. The number of ether oxygens (including phenoxy) is 2. The van der Waals surface area contributed by atoms with E-state index in [-0.39, 0.29) is 18.0 Å². The van der Waals surface area contributed by atoms with Crippen molar-refractivity contribution in [1.82, 2.24) is 0 Å². The molecular formula is C14H24O4. The van der Waals surface area contributed by atoms with Crippen LogP contribution in [0.3, 0.4) is 0 Å². The lowest BCUT2D eigenvalue weighted by atomic mass is 10.1. The van der Waals surface area contributed by atoms with Crippen LogP contribution in [-0.2, 0) is 19.1 Å². The lowest BCUT2D eigenvalue weighted by Crippen LogP contribution is -2.13. The number of unbranched alkanes of at least 4 members (excludes halogenated alkanes) is 4. The summed E-state index contributed by atoms with van der Waals surface area (Å²) in [5.41, 5.74) is 0. The summed E-state index contributed by atoms with van der Waals surface area (Å²) in [5, 5.41) is 0. The number of rotatable bonds is 10. The molecule has 0 aliphatic carbocycles. The Kier molecular flexibility index (Phi) is 10.0. The van der Waals surface area contributed by atoms with Gasteiger partial charge < -0.3 is 9.47 Å². The topological polar surface area (TPSA) is 52.6 Å². The average molecular weight is 256 g/mol. The number of hydrogen-bond donors (Lipinski definition) is 0. The van der Waals surface area contributed by atoms with E-state index in [1.54, 1.807) is 6.08 Å². The lowest BCUT2D eigenvalue weighted by Gasteiger charge is -2.12. The monoisotopic (exact) mass is 256 g/mol. The minimum atomic E-state index is -0.266. The fraction of sp³-hybridized carbons (Fsp3) is 0.714. The molecule has 0 N–H and O–H groups in total. The third-order valence-corrected chi connectivity index (χ3v) is 2.68. The van der Waals surface area contributed by atoms with Crippen molar-refractivity contribution in [2.24, 2.45) is 0 Å². The molecule has 0 bridgehead atoms. The first kappa shape index (κ1) is 16.7. The number of esters is 2. The van der Waals surface area contributed by atoms with Crippen molar-refractivity contribution in [3.63, 3.8) is 0 Å². The standard InChI is InChI=1S/C14H24O4/c1-4-13(18-12(2)15)10-8-6-5-7-9-11-14(16)17-3/h4,13H,1,5-11H2,2-3H3. The predicted octanol–water partition coefficient (Wildman–Crippen LogP) is 3.01. The Morgan fingerprint density at radius 1 is 1.17 bits per heavy atom. The summed E-state index contributed by atoms with van der Waals surface area (Å²) in [6, 6.07) is 0. The van der Waals surface area contributed by atoms with E-state index in [9.17, 15) is 9.59 Å². The van der Waals surface area contributed by atoms with Crippen molar-refractivity contribution < 1.29 is 19.1 Å². The summed E-state index contributed by atoms with van der Waals surface area (Å²) in [6.45, 7) is 5.05. The third kappa shape index (κ3) is 9.87. The van der Waals surface area contributed by atoms with Crippen LogP contribution in [0.5, 0.6) is 0 Å². The maximum atomic E-state index is 10.8. The van der Waals surface area contributed by atoms with Crippen LogP contribution in [0.1, 0.15) is 51.9 Å². The molecule has 0 saturated heterocycles. The normalized spacial score (nSPS) is 11.7. The highest BCUT2D eigenvalue weighted by molar-refractivity contribution is 5.68. The van der Waals surface area contributed by atoms with Gasteiger partial charge in [0, 0.05) is 13.3 Å². The van der Waals surface area contributed by atoms with E-state index >= 15 is 0 Å². The number of carbonyl (C=O) groups excluding carboxylic acids is 2. The quantitative estimate of drug-likeness (QED) is 0.342. The molecule has 0 fully saturated rings. The van der Waals surface area contributed by atoms with Crippen LogP contribution < -0.4 is 0 Å². The Morgan fingerprint density at radius 3 is 2.33 bits per heavy atom. The summed E-state index contributed by atoms with van der Waals surface area (Å²) in [4.78, 5) is 21.6. The van der Waals surface area contributed by atoms with Gasteiger partial charge in [0.15, 0.2) is 0 Å². The van der Waals surface area contributed by atoms with E-state index in [1.807, 2.05) is 0 Å². The highest BCUT2D eigenvalue weighted by atomic mass is 16.5. The zero-order valence-corrected chi connectivity index (χ0v) is 11.4. The zero-order valence-electron chi connectivity index (χ0n) is 11.4. The molecule has 0 spiro atoms. The molecule has 0 heterocycles.